The summed E-state index contributed by atoms with van der Waals surface area (Å²) in [5, 5.41) is 4.45. The summed E-state index contributed by atoms with van der Waals surface area (Å²) < 4.78 is 2.99. The van der Waals surface area contributed by atoms with E-state index in [2.05, 4.69) is 28.0 Å². The lowest BCUT2D eigenvalue weighted by molar-refractivity contribution is -0.119. The van der Waals surface area contributed by atoms with Crippen LogP contribution >= 0.6 is 27.7 Å². The van der Waals surface area contributed by atoms with E-state index in [0.717, 1.165) is 34.5 Å². The van der Waals surface area contributed by atoms with Gasteiger partial charge < -0.3 is 0 Å². The number of halogens is 1. The van der Waals surface area contributed by atoms with Gasteiger partial charge in [-0.3, -0.25) is 9.48 Å². The van der Waals surface area contributed by atoms with E-state index in [1.54, 1.807) is 11.8 Å². The van der Waals surface area contributed by atoms with Gasteiger partial charge in [-0.05, 0) is 22.4 Å². The maximum absolute atomic E-state index is 11.6. The number of hydrogen-bond donors (Lipinski definition) is 0. The monoisotopic (exact) mass is 302 g/mol. The second-order valence-corrected chi connectivity index (χ2v) is 5.89. The third-order valence-electron chi connectivity index (χ3n) is 2.96. The molecule has 0 aliphatic carbocycles. The molecule has 88 valence electrons. The van der Waals surface area contributed by atoms with Crippen molar-refractivity contribution in [2.24, 2.45) is 13.0 Å². The van der Waals surface area contributed by atoms with Crippen LogP contribution in [0.3, 0.4) is 0 Å². The number of rotatable bonds is 3. The highest BCUT2D eigenvalue weighted by atomic mass is 79.9. The van der Waals surface area contributed by atoms with E-state index in [0.29, 0.717) is 11.5 Å². The molecule has 1 unspecified atom stereocenters. The first kappa shape index (κ1) is 12.2. The summed E-state index contributed by atoms with van der Waals surface area (Å²) in [5.74, 6) is 2.20. The summed E-state index contributed by atoms with van der Waals surface area (Å²) in [6.07, 6.45) is 1.73. The molecular weight excluding hydrogens is 288 g/mol. The molecular formula is C11H15BrN2OS. The lowest BCUT2D eigenvalue weighted by Gasteiger charge is -2.07. The average molecular weight is 303 g/mol. The molecule has 0 spiro atoms. The van der Waals surface area contributed by atoms with Gasteiger partial charge in [0.15, 0.2) is 0 Å². The van der Waals surface area contributed by atoms with Crippen molar-refractivity contribution in [3.63, 3.8) is 0 Å². The van der Waals surface area contributed by atoms with Crippen LogP contribution in [0.4, 0.5) is 0 Å². The van der Waals surface area contributed by atoms with Crippen LogP contribution in [0.25, 0.3) is 0 Å². The Hall–Kier alpha value is -0.290. The Labute approximate surface area is 108 Å². The van der Waals surface area contributed by atoms with Gasteiger partial charge in [0, 0.05) is 25.1 Å². The topological polar surface area (TPSA) is 34.9 Å². The van der Waals surface area contributed by atoms with Crippen LogP contribution in [0, 0.1) is 5.92 Å². The smallest absolute Gasteiger partial charge is 0.147 e. The second-order valence-electron chi connectivity index (χ2n) is 4.07. The van der Waals surface area contributed by atoms with E-state index in [1.807, 2.05) is 11.7 Å². The quantitative estimate of drug-likeness (QED) is 0.859. The average Bonchev–Trinajstić information content (AvgIpc) is 2.77. The number of Topliss-reactive ketones (excluding diaryl/α,β-unsaturated/α-hetero) is 1. The van der Waals surface area contributed by atoms with Gasteiger partial charge in [0.1, 0.15) is 5.78 Å². The van der Waals surface area contributed by atoms with E-state index in [-0.39, 0.29) is 5.92 Å². The third-order valence-corrected chi connectivity index (χ3v) is 5.00. The summed E-state index contributed by atoms with van der Waals surface area (Å²) in [6.45, 7) is 2.09. The van der Waals surface area contributed by atoms with Gasteiger partial charge in [-0.1, -0.05) is 6.92 Å². The number of thioether (sulfide) groups is 1. The standard InChI is InChI=1S/C11H15BrN2OS/c1-3-8-11(12)9(14(2)13-8)4-7-5-16-6-10(7)15/h7H,3-6H2,1-2H3. The lowest BCUT2D eigenvalue weighted by atomic mass is 10.0. The highest BCUT2D eigenvalue weighted by Crippen LogP contribution is 2.28. The zero-order valence-electron chi connectivity index (χ0n) is 9.49. The Morgan fingerprint density at radius 3 is 2.88 bits per heavy atom. The molecule has 1 aliphatic rings. The van der Waals surface area contributed by atoms with E-state index in [4.69, 9.17) is 0 Å². The maximum atomic E-state index is 11.6. The molecule has 2 rings (SSSR count). The van der Waals surface area contributed by atoms with Gasteiger partial charge in [0.2, 0.25) is 0 Å². The molecule has 0 N–H and O–H groups in total. The summed E-state index contributed by atoms with van der Waals surface area (Å²) in [5.41, 5.74) is 2.23. The Morgan fingerprint density at radius 1 is 1.62 bits per heavy atom. The van der Waals surface area contributed by atoms with Gasteiger partial charge in [-0.25, -0.2) is 0 Å². The molecule has 5 heteroatoms. The van der Waals surface area contributed by atoms with Gasteiger partial charge in [0.25, 0.3) is 0 Å². The largest absolute Gasteiger partial charge is 0.298 e. The van der Waals surface area contributed by atoms with E-state index in [1.165, 1.54) is 0 Å². The van der Waals surface area contributed by atoms with Crippen molar-refractivity contribution < 1.29 is 4.79 Å². The number of hydrogen-bond acceptors (Lipinski definition) is 3. The molecule has 0 radical (unpaired) electrons. The van der Waals surface area contributed by atoms with Crippen LogP contribution in [-0.4, -0.2) is 27.1 Å². The van der Waals surface area contributed by atoms with Crippen molar-refractivity contribution in [3.05, 3.63) is 15.9 Å². The van der Waals surface area contributed by atoms with Crippen LogP contribution in [-0.2, 0) is 24.7 Å². The fourth-order valence-electron chi connectivity index (χ4n) is 1.96. The number of aromatic nitrogens is 2. The number of ketones is 1. The first-order chi connectivity index (χ1) is 7.63. The molecule has 1 saturated heterocycles. The molecule has 16 heavy (non-hydrogen) atoms. The fourth-order valence-corrected chi connectivity index (χ4v) is 3.88. The van der Waals surface area contributed by atoms with E-state index < -0.39 is 0 Å². The van der Waals surface area contributed by atoms with Gasteiger partial charge >= 0.3 is 0 Å². The summed E-state index contributed by atoms with van der Waals surface area (Å²) in [4.78, 5) is 11.6. The van der Waals surface area contributed by atoms with Gasteiger partial charge in [-0.2, -0.15) is 16.9 Å². The fraction of sp³-hybridized carbons (Fsp3) is 0.636. The summed E-state index contributed by atoms with van der Waals surface area (Å²) in [7, 11) is 1.95. The molecule has 0 saturated carbocycles. The van der Waals surface area contributed by atoms with Crippen molar-refractivity contribution in [3.8, 4) is 0 Å². The van der Waals surface area contributed by atoms with Gasteiger partial charge in [0.05, 0.1) is 21.6 Å². The molecule has 1 atom stereocenters. The second kappa shape index (κ2) is 4.92. The molecule has 0 amide bonds. The number of carbonyl (C=O) groups is 1. The predicted octanol–water partition coefficient (Wildman–Crippen LogP) is 2.22. The normalized spacial score (nSPS) is 20.7. The highest BCUT2D eigenvalue weighted by molar-refractivity contribution is 9.10. The molecule has 0 aromatic carbocycles. The minimum absolute atomic E-state index is 0.182. The number of carbonyl (C=O) groups excluding carboxylic acids is 1. The minimum atomic E-state index is 0.182. The SMILES string of the molecule is CCc1nn(C)c(CC2CSCC2=O)c1Br. The molecule has 1 aromatic heterocycles. The molecule has 1 aliphatic heterocycles. The Kier molecular flexibility index (Phi) is 3.74. The molecule has 0 bridgehead atoms. The zero-order valence-corrected chi connectivity index (χ0v) is 11.9. The Bertz CT molecular complexity index is 416. The first-order valence-corrected chi connectivity index (χ1v) is 7.39. The zero-order chi connectivity index (χ0) is 11.7. The van der Waals surface area contributed by atoms with Crippen molar-refractivity contribution in [2.75, 3.05) is 11.5 Å². The van der Waals surface area contributed by atoms with Crippen LogP contribution in [0.15, 0.2) is 4.47 Å². The third kappa shape index (κ3) is 2.20. The summed E-state index contributed by atoms with van der Waals surface area (Å²) >= 11 is 5.33. The molecule has 3 nitrogen and oxygen atoms in total. The van der Waals surface area contributed by atoms with Gasteiger partial charge in [-0.15, -0.1) is 0 Å². The van der Waals surface area contributed by atoms with Crippen LogP contribution in [0.1, 0.15) is 18.3 Å². The van der Waals surface area contributed by atoms with E-state index in [9.17, 15) is 4.79 Å². The van der Waals surface area contributed by atoms with Crippen LogP contribution in [0.5, 0.6) is 0 Å². The maximum Gasteiger partial charge on any atom is 0.147 e. The minimum Gasteiger partial charge on any atom is -0.298 e. The Morgan fingerprint density at radius 2 is 2.38 bits per heavy atom. The predicted molar refractivity (Wildman–Crippen MR) is 69.8 cm³/mol. The first-order valence-electron chi connectivity index (χ1n) is 5.44. The number of aryl methyl sites for hydroxylation is 2. The van der Waals surface area contributed by atoms with Crippen molar-refractivity contribution >= 4 is 33.5 Å². The van der Waals surface area contributed by atoms with Crippen LogP contribution in [0.2, 0.25) is 0 Å². The van der Waals surface area contributed by atoms with Crippen molar-refractivity contribution in [2.45, 2.75) is 19.8 Å². The molecule has 1 fully saturated rings. The van der Waals surface area contributed by atoms with Crippen molar-refractivity contribution in [1.82, 2.24) is 9.78 Å². The highest BCUT2D eigenvalue weighted by Gasteiger charge is 2.27. The summed E-state index contributed by atoms with van der Waals surface area (Å²) in [6, 6.07) is 0. The molecule has 2 heterocycles. The number of nitrogens with zero attached hydrogens (tertiary/aromatic N) is 2. The van der Waals surface area contributed by atoms with Crippen molar-refractivity contribution in [1.29, 1.82) is 0 Å². The van der Waals surface area contributed by atoms with Crippen LogP contribution < -0.4 is 0 Å². The Balaban J connectivity index is 2.20. The van der Waals surface area contributed by atoms with E-state index >= 15 is 0 Å². The molecule has 1 aromatic rings. The lowest BCUT2D eigenvalue weighted by Crippen LogP contribution is -2.16.